The minimum atomic E-state index is 0.198. The van der Waals surface area contributed by atoms with Gasteiger partial charge in [-0.15, -0.1) is 0 Å². The van der Waals surface area contributed by atoms with Crippen LogP contribution < -0.4 is 10.2 Å². The van der Waals surface area contributed by atoms with Crippen molar-refractivity contribution in [3.8, 4) is 0 Å². The second-order valence-electron chi connectivity index (χ2n) is 5.33. The van der Waals surface area contributed by atoms with E-state index in [9.17, 15) is 5.11 Å². The second kappa shape index (κ2) is 4.72. The molecule has 18 heavy (non-hydrogen) atoms. The van der Waals surface area contributed by atoms with E-state index in [2.05, 4.69) is 23.3 Å². The predicted molar refractivity (Wildman–Crippen MR) is 74.4 cm³/mol. The van der Waals surface area contributed by atoms with Crippen LogP contribution in [0.2, 0.25) is 5.02 Å². The maximum atomic E-state index is 9.76. The van der Waals surface area contributed by atoms with Gasteiger partial charge in [0.25, 0.3) is 0 Å². The zero-order chi connectivity index (χ0) is 12.7. The molecule has 0 aliphatic carbocycles. The number of halogens is 1. The maximum Gasteiger partial charge on any atom is 0.0504 e. The molecule has 2 N–H and O–H groups in total. The number of nitrogens with zero attached hydrogens (tertiary/aromatic N) is 1. The molecule has 0 aromatic heterocycles. The lowest BCUT2D eigenvalue weighted by Crippen LogP contribution is -2.54. The Bertz CT molecular complexity index is 451. The molecule has 3 nitrogen and oxygen atoms in total. The van der Waals surface area contributed by atoms with Gasteiger partial charge in [-0.25, -0.2) is 0 Å². The van der Waals surface area contributed by atoms with Crippen LogP contribution in [0.15, 0.2) is 18.2 Å². The molecule has 3 atom stereocenters. The largest absolute Gasteiger partial charge is 0.396 e. The first-order valence-corrected chi connectivity index (χ1v) is 6.94. The van der Waals surface area contributed by atoms with Crippen molar-refractivity contribution in [1.29, 1.82) is 0 Å². The molecule has 0 bridgehead atoms. The van der Waals surface area contributed by atoms with Crippen molar-refractivity contribution >= 4 is 17.3 Å². The van der Waals surface area contributed by atoms with E-state index in [0.717, 1.165) is 24.5 Å². The Morgan fingerprint density at radius 2 is 2.33 bits per heavy atom. The Labute approximate surface area is 113 Å². The normalized spacial score (nSPS) is 30.8. The minimum absolute atomic E-state index is 0.198. The topological polar surface area (TPSA) is 35.5 Å². The molecule has 1 saturated heterocycles. The lowest BCUT2D eigenvalue weighted by Gasteiger charge is -2.48. The van der Waals surface area contributed by atoms with E-state index in [1.807, 2.05) is 12.1 Å². The van der Waals surface area contributed by atoms with Crippen LogP contribution in [-0.2, 0) is 0 Å². The molecule has 2 aliphatic rings. The lowest BCUT2D eigenvalue weighted by molar-refractivity contribution is 0.178. The third kappa shape index (κ3) is 1.81. The second-order valence-corrected chi connectivity index (χ2v) is 5.76. The smallest absolute Gasteiger partial charge is 0.0504 e. The van der Waals surface area contributed by atoms with Crippen molar-refractivity contribution in [2.45, 2.75) is 18.4 Å². The van der Waals surface area contributed by atoms with Gasteiger partial charge >= 0.3 is 0 Å². The third-order valence-electron chi connectivity index (χ3n) is 4.47. The first-order chi connectivity index (χ1) is 8.72. The number of nitrogens with one attached hydrogen (secondary N) is 1. The Kier molecular flexibility index (Phi) is 3.22. The first kappa shape index (κ1) is 12.3. The molecule has 0 saturated carbocycles. The Balaban J connectivity index is 2.08. The number of rotatable bonds is 1. The molecule has 98 valence electrons. The molecular weight excluding hydrogens is 248 g/mol. The lowest BCUT2D eigenvalue weighted by atomic mass is 9.74. The fourth-order valence-corrected chi connectivity index (χ4v) is 3.73. The van der Waals surface area contributed by atoms with Crippen LogP contribution in [0.25, 0.3) is 0 Å². The number of anilines is 1. The average molecular weight is 267 g/mol. The zero-order valence-corrected chi connectivity index (χ0v) is 11.3. The highest BCUT2D eigenvalue weighted by molar-refractivity contribution is 6.30. The summed E-state index contributed by atoms with van der Waals surface area (Å²) >= 11 is 6.11. The van der Waals surface area contributed by atoms with Crippen molar-refractivity contribution in [1.82, 2.24) is 5.32 Å². The summed E-state index contributed by atoms with van der Waals surface area (Å²) in [6, 6.07) is 6.56. The van der Waals surface area contributed by atoms with E-state index in [0.29, 0.717) is 12.0 Å². The summed E-state index contributed by atoms with van der Waals surface area (Å²) in [5.41, 5.74) is 2.42. The molecule has 0 radical (unpaired) electrons. The number of aliphatic hydroxyl groups is 1. The quantitative estimate of drug-likeness (QED) is 0.814. The molecule has 2 aliphatic heterocycles. The monoisotopic (exact) mass is 266 g/mol. The average Bonchev–Trinajstić information content (AvgIpc) is 2.39. The van der Waals surface area contributed by atoms with Crippen LogP contribution in [0.4, 0.5) is 5.69 Å². The van der Waals surface area contributed by atoms with E-state index in [1.54, 1.807) is 0 Å². The van der Waals surface area contributed by atoms with Crippen molar-refractivity contribution in [3.05, 3.63) is 28.8 Å². The van der Waals surface area contributed by atoms with Gasteiger partial charge in [-0.05, 0) is 36.7 Å². The maximum absolute atomic E-state index is 9.76. The molecule has 0 amide bonds. The standard InChI is InChI=1S/C14H19ClN2O/c1-17-13-3-2-9(15)6-10(13)12(8-18)11-7-16-5-4-14(11)17/h2-3,6,11-12,14,16,18H,4-5,7-8H2,1H3. The summed E-state index contributed by atoms with van der Waals surface area (Å²) in [6.45, 7) is 2.24. The van der Waals surface area contributed by atoms with Crippen LogP contribution in [0.1, 0.15) is 17.9 Å². The highest BCUT2D eigenvalue weighted by Gasteiger charge is 2.40. The number of benzene rings is 1. The Morgan fingerprint density at radius 3 is 3.11 bits per heavy atom. The number of piperidine rings is 1. The molecule has 1 fully saturated rings. The van der Waals surface area contributed by atoms with Gasteiger partial charge in [-0.1, -0.05) is 11.6 Å². The summed E-state index contributed by atoms with van der Waals surface area (Å²) in [5.74, 6) is 0.674. The van der Waals surface area contributed by atoms with E-state index in [4.69, 9.17) is 11.6 Å². The van der Waals surface area contributed by atoms with Crippen molar-refractivity contribution < 1.29 is 5.11 Å². The van der Waals surface area contributed by atoms with Crippen LogP contribution >= 0.6 is 11.6 Å². The van der Waals surface area contributed by atoms with Gasteiger partial charge in [0.05, 0.1) is 6.61 Å². The molecule has 0 spiro atoms. The fraction of sp³-hybridized carbons (Fsp3) is 0.571. The van der Waals surface area contributed by atoms with Gasteiger partial charge < -0.3 is 15.3 Å². The van der Waals surface area contributed by atoms with E-state index in [-0.39, 0.29) is 12.5 Å². The highest BCUT2D eigenvalue weighted by atomic mass is 35.5. The van der Waals surface area contributed by atoms with Crippen LogP contribution in [0.5, 0.6) is 0 Å². The number of fused-ring (bicyclic) bond motifs is 2. The number of aliphatic hydroxyl groups excluding tert-OH is 1. The molecule has 4 heteroatoms. The SMILES string of the molecule is CN1c2ccc(Cl)cc2C(CO)C2CNCCC21. The Hall–Kier alpha value is -0.770. The summed E-state index contributed by atoms with van der Waals surface area (Å²) < 4.78 is 0. The van der Waals surface area contributed by atoms with Gasteiger partial charge in [0.15, 0.2) is 0 Å². The zero-order valence-electron chi connectivity index (χ0n) is 10.6. The van der Waals surface area contributed by atoms with Crippen molar-refractivity contribution in [2.24, 2.45) is 5.92 Å². The molecular formula is C14H19ClN2O. The number of hydrogen-bond acceptors (Lipinski definition) is 3. The van der Waals surface area contributed by atoms with Gasteiger partial charge in [-0.2, -0.15) is 0 Å². The molecule has 1 aromatic carbocycles. The summed E-state index contributed by atoms with van der Waals surface area (Å²) in [7, 11) is 2.16. The van der Waals surface area contributed by atoms with Gasteiger partial charge in [0, 0.05) is 42.2 Å². The fourth-order valence-electron chi connectivity index (χ4n) is 3.55. The minimum Gasteiger partial charge on any atom is -0.396 e. The molecule has 2 heterocycles. The third-order valence-corrected chi connectivity index (χ3v) is 4.71. The summed E-state index contributed by atoms with van der Waals surface area (Å²) in [5, 5.41) is 14.0. The Morgan fingerprint density at radius 1 is 1.50 bits per heavy atom. The molecule has 3 unspecified atom stereocenters. The van der Waals surface area contributed by atoms with Crippen LogP contribution in [-0.4, -0.2) is 37.9 Å². The van der Waals surface area contributed by atoms with Crippen LogP contribution in [0, 0.1) is 5.92 Å². The van der Waals surface area contributed by atoms with Gasteiger partial charge in [0.1, 0.15) is 0 Å². The molecule has 3 rings (SSSR count). The summed E-state index contributed by atoms with van der Waals surface area (Å²) in [6.07, 6.45) is 1.14. The van der Waals surface area contributed by atoms with Gasteiger partial charge in [0.2, 0.25) is 0 Å². The van der Waals surface area contributed by atoms with Crippen LogP contribution in [0.3, 0.4) is 0 Å². The van der Waals surface area contributed by atoms with Gasteiger partial charge in [-0.3, -0.25) is 0 Å². The van der Waals surface area contributed by atoms with Crippen molar-refractivity contribution in [2.75, 3.05) is 31.6 Å². The van der Waals surface area contributed by atoms with E-state index >= 15 is 0 Å². The van der Waals surface area contributed by atoms with E-state index in [1.165, 1.54) is 11.3 Å². The molecule has 1 aromatic rings. The first-order valence-electron chi connectivity index (χ1n) is 6.56. The predicted octanol–water partition coefficient (Wildman–Crippen LogP) is 1.84. The van der Waals surface area contributed by atoms with E-state index < -0.39 is 0 Å². The number of hydrogen-bond donors (Lipinski definition) is 2. The highest BCUT2D eigenvalue weighted by Crippen LogP contribution is 2.43. The van der Waals surface area contributed by atoms with Crippen molar-refractivity contribution in [3.63, 3.8) is 0 Å². The summed E-state index contributed by atoms with van der Waals surface area (Å²) in [4.78, 5) is 2.36.